The Kier molecular flexibility index (Phi) is 3.30. The highest BCUT2D eigenvalue weighted by Crippen LogP contribution is 2.14. The third-order valence-corrected chi connectivity index (χ3v) is 1.82. The van der Waals surface area contributed by atoms with Gasteiger partial charge >= 0.3 is 0 Å². The quantitative estimate of drug-likeness (QED) is 0.588. The molecule has 1 nitrogen and oxygen atoms in total. The molecule has 0 bridgehead atoms. The molecule has 0 aliphatic carbocycles. The van der Waals surface area contributed by atoms with E-state index < -0.39 is 17.5 Å². The lowest BCUT2D eigenvalue weighted by atomic mass is 10.1. The van der Waals surface area contributed by atoms with Crippen LogP contribution in [0.1, 0.15) is 5.56 Å². The maximum atomic E-state index is 12.7. The molecule has 0 amide bonds. The molecule has 2 N–H and O–H groups in total. The molecule has 0 heterocycles. The largest absolute Gasteiger partial charge is 0.324 e. The van der Waals surface area contributed by atoms with Crippen molar-refractivity contribution in [3.63, 3.8) is 0 Å². The summed E-state index contributed by atoms with van der Waals surface area (Å²) >= 11 is 0. The Bertz CT molecular complexity index is 326. The minimum Gasteiger partial charge on any atom is -0.324 e. The predicted octanol–water partition coefficient (Wildman–Crippen LogP) is 2.16. The summed E-state index contributed by atoms with van der Waals surface area (Å²) < 4.78 is 38.0. The summed E-state index contributed by atoms with van der Waals surface area (Å²) in [4.78, 5) is 0. The van der Waals surface area contributed by atoms with Gasteiger partial charge in [0, 0.05) is 6.04 Å². The van der Waals surface area contributed by atoms with Gasteiger partial charge in [0.25, 0.3) is 0 Å². The molecule has 0 aliphatic rings. The van der Waals surface area contributed by atoms with Crippen LogP contribution < -0.4 is 5.73 Å². The Balaban J connectivity index is 2.95. The minimum absolute atomic E-state index is 0.234. The molecule has 1 unspecified atom stereocenters. The molecule has 1 atom stereocenters. The van der Waals surface area contributed by atoms with E-state index in [4.69, 9.17) is 5.73 Å². The van der Waals surface area contributed by atoms with E-state index in [2.05, 4.69) is 6.58 Å². The molecule has 4 heteroatoms. The third-order valence-electron chi connectivity index (χ3n) is 1.82. The van der Waals surface area contributed by atoms with Crippen molar-refractivity contribution in [2.45, 2.75) is 12.5 Å². The van der Waals surface area contributed by atoms with Crippen molar-refractivity contribution in [2.75, 3.05) is 0 Å². The first-order chi connectivity index (χ1) is 6.54. The van der Waals surface area contributed by atoms with Crippen LogP contribution in [0.5, 0.6) is 0 Å². The van der Waals surface area contributed by atoms with Gasteiger partial charge < -0.3 is 5.73 Å². The molecule has 0 saturated heterocycles. The zero-order valence-electron chi connectivity index (χ0n) is 7.43. The van der Waals surface area contributed by atoms with Gasteiger partial charge in [0.2, 0.25) is 0 Å². The van der Waals surface area contributed by atoms with Crippen molar-refractivity contribution in [1.82, 2.24) is 0 Å². The lowest BCUT2D eigenvalue weighted by molar-refractivity contribution is 0.445. The van der Waals surface area contributed by atoms with Gasteiger partial charge in [0.15, 0.2) is 17.5 Å². The standard InChI is InChI=1S/C10H10F3N/c1-2-7(14)3-6-4-8(11)10(13)9(12)5-6/h2,4-5,7H,1,3,14H2. The fourth-order valence-electron chi connectivity index (χ4n) is 1.08. The number of halogens is 3. The maximum Gasteiger partial charge on any atom is 0.194 e. The fraction of sp³-hybridized carbons (Fsp3) is 0.200. The van der Waals surface area contributed by atoms with Gasteiger partial charge in [-0.2, -0.15) is 0 Å². The summed E-state index contributed by atoms with van der Waals surface area (Å²) in [6, 6.07) is 1.48. The van der Waals surface area contributed by atoms with Gasteiger partial charge in [-0.05, 0) is 24.1 Å². The molecule has 0 fully saturated rings. The normalized spacial score (nSPS) is 12.6. The Morgan fingerprint density at radius 3 is 2.21 bits per heavy atom. The summed E-state index contributed by atoms with van der Waals surface area (Å²) in [5.74, 6) is -3.85. The molecule has 0 radical (unpaired) electrons. The molecule has 0 spiro atoms. The van der Waals surface area contributed by atoms with E-state index in [1.165, 1.54) is 6.08 Å². The van der Waals surface area contributed by atoms with Crippen LogP contribution in [0.3, 0.4) is 0 Å². The van der Waals surface area contributed by atoms with Crippen molar-refractivity contribution in [2.24, 2.45) is 5.73 Å². The van der Waals surface area contributed by atoms with Crippen molar-refractivity contribution in [3.8, 4) is 0 Å². The molecule has 0 saturated carbocycles. The monoisotopic (exact) mass is 201 g/mol. The van der Waals surface area contributed by atoms with E-state index in [0.717, 1.165) is 12.1 Å². The smallest absolute Gasteiger partial charge is 0.194 e. The molecule has 14 heavy (non-hydrogen) atoms. The fourth-order valence-corrected chi connectivity index (χ4v) is 1.08. The van der Waals surface area contributed by atoms with E-state index in [1.54, 1.807) is 0 Å². The van der Waals surface area contributed by atoms with Crippen LogP contribution in [0.4, 0.5) is 13.2 Å². The zero-order chi connectivity index (χ0) is 10.7. The number of nitrogens with two attached hydrogens (primary N) is 1. The first-order valence-corrected chi connectivity index (χ1v) is 4.06. The van der Waals surface area contributed by atoms with Crippen LogP contribution in [0.2, 0.25) is 0 Å². The van der Waals surface area contributed by atoms with Gasteiger partial charge in [0.05, 0.1) is 0 Å². The van der Waals surface area contributed by atoms with E-state index in [1.807, 2.05) is 0 Å². The third kappa shape index (κ3) is 2.35. The molecular weight excluding hydrogens is 191 g/mol. The molecule has 1 aromatic rings. The van der Waals surface area contributed by atoms with Crippen LogP contribution >= 0.6 is 0 Å². The van der Waals surface area contributed by atoms with Crippen molar-refractivity contribution in [1.29, 1.82) is 0 Å². The molecular formula is C10H10F3N. The molecule has 0 aliphatic heterocycles. The molecule has 0 aromatic heterocycles. The van der Waals surface area contributed by atoms with Crippen LogP contribution in [-0.4, -0.2) is 6.04 Å². The Morgan fingerprint density at radius 2 is 1.79 bits per heavy atom. The molecule has 1 rings (SSSR count). The van der Waals surface area contributed by atoms with Gasteiger partial charge in [-0.15, -0.1) is 6.58 Å². The predicted molar refractivity (Wildman–Crippen MR) is 48.2 cm³/mol. The highest BCUT2D eigenvalue weighted by molar-refractivity contribution is 5.21. The number of hydrogen-bond donors (Lipinski definition) is 1. The summed E-state index contributed by atoms with van der Waals surface area (Å²) in [5, 5.41) is 0. The summed E-state index contributed by atoms with van der Waals surface area (Å²) in [7, 11) is 0. The van der Waals surface area contributed by atoms with Crippen molar-refractivity contribution >= 4 is 0 Å². The first kappa shape index (κ1) is 10.8. The highest BCUT2D eigenvalue weighted by Gasteiger charge is 2.11. The van der Waals surface area contributed by atoms with E-state index >= 15 is 0 Å². The van der Waals surface area contributed by atoms with Crippen LogP contribution in [0.15, 0.2) is 24.8 Å². The first-order valence-electron chi connectivity index (χ1n) is 4.06. The molecule has 76 valence electrons. The van der Waals surface area contributed by atoms with Gasteiger partial charge in [-0.25, -0.2) is 13.2 Å². The van der Waals surface area contributed by atoms with E-state index in [-0.39, 0.29) is 12.5 Å². The van der Waals surface area contributed by atoms with E-state index in [9.17, 15) is 13.2 Å². The Labute approximate surface area is 80.0 Å². The Hall–Kier alpha value is -1.29. The summed E-state index contributed by atoms with van der Waals surface area (Å²) in [5.41, 5.74) is 5.80. The number of hydrogen-bond acceptors (Lipinski definition) is 1. The number of benzene rings is 1. The Morgan fingerprint density at radius 1 is 1.29 bits per heavy atom. The lowest BCUT2D eigenvalue weighted by Crippen LogP contribution is -2.19. The number of rotatable bonds is 3. The minimum atomic E-state index is -1.46. The van der Waals surface area contributed by atoms with Gasteiger partial charge in [-0.1, -0.05) is 6.08 Å². The molecule has 1 aromatic carbocycles. The SMILES string of the molecule is C=CC(N)Cc1cc(F)c(F)c(F)c1. The van der Waals surface area contributed by atoms with Crippen molar-refractivity contribution < 1.29 is 13.2 Å². The summed E-state index contributed by atoms with van der Waals surface area (Å²) in [6.07, 6.45) is 1.69. The lowest BCUT2D eigenvalue weighted by Gasteiger charge is -2.06. The van der Waals surface area contributed by atoms with Gasteiger partial charge in [0.1, 0.15) is 0 Å². The van der Waals surface area contributed by atoms with Crippen LogP contribution in [0.25, 0.3) is 0 Å². The van der Waals surface area contributed by atoms with E-state index in [0.29, 0.717) is 5.56 Å². The van der Waals surface area contributed by atoms with Crippen molar-refractivity contribution in [3.05, 3.63) is 47.8 Å². The van der Waals surface area contributed by atoms with Crippen LogP contribution in [0, 0.1) is 17.5 Å². The summed E-state index contributed by atoms with van der Waals surface area (Å²) in [6.45, 7) is 3.43. The average Bonchev–Trinajstić information content (AvgIpc) is 2.14. The second-order valence-corrected chi connectivity index (χ2v) is 2.98. The highest BCUT2D eigenvalue weighted by atomic mass is 19.2. The average molecular weight is 201 g/mol. The second-order valence-electron chi connectivity index (χ2n) is 2.98. The zero-order valence-corrected chi connectivity index (χ0v) is 7.43. The topological polar surface area (TPSA) is 26.0 Å². The van der Waals surface area contributed by atoms with Gasteiger partial charge in [-0.3, -0.25) is 0 Å². The second kappa shape index (κ2) is 4.28. The maximum absolute atomic E-state index is 12.7. The van der Waals surface area contributed by atoms with Crippen LogP contribution in [-0.2, 0) is 6.42 Å².